The highest BCUT2D eigenvalue weighted by atomic mass is 16.5. The Morgan fingerprint density at radius 1 is 1.17 bits per heavy atom. The van der Waals surface area contributed by atoms with Crippen LogP contribution in [0.1, 0.15) is 35.2 Å². The second-order valence-electron chi connectivity index (χ2n) is 8.20. The number of carbonyl (C=O) groups is 1. The van der Waals surface area contributed by atoms with Crippen molar-refractivity contribution in [1.82, 2.24) is 9.88 Å². The van der Waals surface area contributed by atoms with Crippen LogP contribution in [0.3, 0.4) is 0 Å². The number of rotatable bonds is 7. The highest BCUT2D eigenvalue weighted by Gasteiger charge is 2.26. The number of ether oxygens (including phenoxy) is 1. The number of para-hydroxylation sites is 1. The van der Waals surface area contributed by atoms with E-state index in [1.807, 2.05) is 31.4 Å². The third kappa shape index (κ3) is 4.38. The molecule has 1 N–H and O–H groups in total. The minimum atomic E-state index is 0.264. The Kier molecular flexibility index (Phi) is 6.00. The van der Waals surface area contributed by atoms with Gasteiger partial charge < -0.3 is 14.6 Å². The molecule has 1 aromatic heterocycles. The molecule has 1 fully saturated rings. The first-order valence-corrected chi connectivity index (χ1v) is 10.6. The van der Waals surface area contributed by atoms with Crippen molar-refractivity contribution in [2.45, 2.75) is 25.7 Å². The summed E-state index contributed by atoms with van der Waals surface area (Å²) in [5.74, 6) is 2.30. The fourth-order valence-corrected chi connectivity index (χ4v) is 4.71. The Labute approximate surface area is 172 Å². The maximum absolute atomic E-state index is 13.0. The predicted octanol–water partition coefficient (Wildman–Crippen LogP) is 4.62. The van der Waals surface area contributed by atoms with Gasteiger partial charge in [0.2, 0.25) is 0 Å². The second kappa shape index (κ2) is 8.83. The Hall–Kier alpha value is -2.59. The molecule has 0 radical (unpaired) electrons. The van der Waals surface area contributed by atoms with Gasteiger partial charge in [0.25, 0.3) is 0 Å². The van der Waals surface area contributed by atoms with Gasteiger partial charge in [0.1, 0.15) is 5.75 Å². The van der Waals surface area contributed by atoms with Gasteiger partial charge in [0.15, 0.2) is 5.78 Å². The molecule has 3 aromatic rings. The van der Waals surface area contributed by atoms with Crippen LogP contribution >= 0.6 is 0 Å². The summed E-state index contributed by atoms with van der Waals surface area (Å²) in [6, 6.07) is 16.5. The predicted molar refractivity (Wildman–Crippen MR) is 118 cm³/mol. The molecule has 1 aliphatic heterocycles. The van der Waals surface area contributed by atoms with Gasteiger partial charge in [-0.1, -0.05) is 30.3 Å². The van der Waals surface area contributed by atoms with E-state index in [-0.39, 0.29) is 5.78 Å². The minimum Gasteiger partial charge on any atom is -0.497 e. The summed E-state index contributed by atoms with van der Waals surface area (Å²) < 4.78 is 7.43. The molecule has 2 heterocycles. The molecule has 0 amide bonds. The number of hydrogen-bond acceptors (Lipinski definition) is 3. The van der Waals surface area contributed by atoms with Crippen LogP contribution in [0.15, 0.2) is 54.7 Å². The summed E-state index contributed by atoms with van der Waals surface area (Å²) in [6.45, 7) is 2.06. The van der Waals surface area contributed by atoms with Crippen molar-refractivity contribution in [1.29, 1.82) is 0 Å². The molecular formula is C25H30N2O2. The maximum atomic E-state index is 13.0. The quantitative estimate of drug-likeness (QED) is 0.599. The van der Waals surface area contributed by atoms with Crippen molar-refractivity contribution >= 4 is 16.7 Å². The van der Waals surface area contributed by atoms with Crippen molar-refractivity contribution in [3.05, 3.63) is 65.9 Å². The molecule has 0 bridgehead atoms. The van der Waals surface area contributed by atoms with Crippen molar-refractivity contribution in [3.8, 4) is 5.75 Å². The summed E-state index contributed by atoms with van der Waals surface area (Å²) in [6.07, 6.45) is 5.73. The lowest BCUT2D eigenvalue weighted by Gasteiger charge is -2.32. The first-order chi connectivity index (χ1) is 14.2. The van der Waals surface area contributed by atoms with Crippen LogP contribution in [0.2, 0.25) is 0 Å². The fraction of sp³-hybridized carbons (Fsp3) is 0.400. The number of aryl methyl sites for hydroxylation is 1. The van der Waals surface area contributed by atoms with Crippen molar-refractivity contribution < 1.29 is 9.53 Å². The normalized spacial score (nSPS) is 19.4. The van der Waals surface area contributed by atoms with Crippen LogP contribution in [0.4, 0.5) is 0 Å². The summed E-state index contributed by atoms with van der Waals surface area (Å²) in [4.78, 5) is 13.0. The molecule has 1 saturated heterocycles. The number of aromatic nitrogens is 1. The smallest absolute Gasteiger partial charge is 0.165 e. The number of ketones is 1. The number of piperidine rings is 1. The van der Waals surface area contributed by atoms with E-state index in [9.17, 15) is 4.79 Å². The highest BCUT2D eigenvalue weighted by Crippen LogP contribution is 2.30. The first kappa shape index (κ1) is 19.7. The number of methoxy groups -OCH3 is 1. The molecule has 2 atom stereocenters. The van der Waals surface area contributed by atoms with Crippen molar-refractivity contribution in [3.63, 3.8) is 0 Å². The SMILES string of the molecule is COc1cccc(CC2CNCCC2CCC(=O)c2cn(C)c3ccccc23)c1. The summed E-state index contributed by atoms with van der Waals surface area (Å²) in [5, 5.41) is 4.61. The van der Waals surface area contributed by atoms with E-state index in [0.29, 0.717) is 18.3 Å². The van der Waals surface area contributed by atoms with Gasteiger partial charge in [0, 0.05) is 36.1 Å². The monoisotopic (exact) mass is 390 g/mol. The van der Waals surface area contributed by atoms with E-state index in [4.69, 9.17) is 4.74 Å². The van der Waals surface area contributed by atoms with E-state index < -0.39 is 0 Å². The van der Waals surface area contributed by atoms with Crippen molar-refractivity contribution in [2.24, 2.45) is 18.9 Å². The van der Waals surface area contributed by atoms with Crippen LogP contribution in [-0.2, 0) is 13.5 Å². The molecule has 0 saturated carbocycles. The Morgan fingerprint density at radius 3 is 2.90 bits per heavy atom. The number of benzene rings is 2. The van der Waals surface area contributed by atoms with Gasteiger partial charge in [-0.05, 0) is 68.0 Å². The minimum absolute atomic E-state index is 0.264. The number of nitrogens with one attached hydrogen (secondary N) is 1. The van der Waals surface area contributed by atoms with Gasteiger partial charge in [-0.2, -0.15) is 0 Å². The zero-order valence-electron chi connectivity index (χ0n) is 17.4. The summed E-state index contributed by atoms with van der Waals surface area (Å²) in [7, 11) is 3.72. The van der Waals surface area contributed by atoms with Crippen LogP contribution < -0.4 is 10.1 Å². The molecule has 4 heteroatoms. The fourth-order valence-electron chi connectivity index (χ4n) is 4.71. The lowest BCUT2D eigenvalue weighted by atomic mass is 9.79. The van der Waals surface area contributed by atoms with Gasteiger partial charge in [-0.15, -0.1) is 0 Å². The molecule has 0 aliphatic carbocycles. The lowest BCUT2D eigenvalue weighted by molar-refractivity contribution is 0.0964. The van der Waals surface area contributed by atoms with E-state index in [2.05, 4.69) is 40.2 Å². The van der Waals surface area contributed by atoms with Gasteiger partial charge in [-0.3, -0.25) is 4.79 Å². The first-order valence-electron chi connectivity index (χ1n) is 10.6. The average molecular weight is 391 g/mol. The number of fused-ring (bicyclic) bond motifs is 1. The Bertz CT molecular complexity index is 991. The van der Waals surface area contributed by atoms with Crippen LogP contribution in [0.5, 0.6) is 5.75 Å². The largest absolute Gasteiger partial charge is 0.497 e. The molecule has 2 unspecified atom stereocenters. The van der Waals surface area contributed by atoms with E-state index in [0.717, 1.165) is 54.6 Å². The maximum Gasteiger partial charge on any atom is 0.165 e. The molecular weight excluding hydrogens is 360 g/mol. The van der Waals surface area contributed by atoms with Crippen LogP contribution in [-0.4, -0.2) is 30.5 Å². The van der Waals surface area contributed by atoms with Gasteiger partial charge >= 0.3 is 0 Å². The van der Waals surface area contributed by atoms with Crippen molar-refractivity contribution in [2.75, 3.05) is 20.2 Å². The average Bonchev–Trinajstić information content (AvgIpc) is 3.10. The summed E-state index contributed by atoms with van der Waals surface area (Å²) >= 11 is 0. The number of hydrogen-bond donors (Lipinski definition) is 1. The van der Waals surface area contributed by atoms with E-state index >= 15 is 0 Å². The van der Waals surface area contributed by atoms with E-state index in [1.165, 1.54) is 5.56 Å². The third-order valence-corrected chi connectivity index (χ3v) is 6.34. The topological polar surface area (TPSA) is 43.3 Å². The molecule has 152 valence electrons. The molecule has 4 rings (SSSR count). The molecule has 2 aromatic carbocycles. The molecule has 1 aliphatic rings. The second-order valence-corrected chi connectivity index (χ2v) is 8.20. The van der Waals surface area contributed by atoms with E-state index in [1.54, 1.807) is 7.11 Å². The van der Waals surface area contributed by atoms with Gasteiger partial charge in [0.05, 0.1) is 7.11 Å². The zero-order valence-corrected chi connectivity index (χ0v) is 17.4. The van der Waals surface area contributed by atoms with Gasteiger partial charge in [-0.25, -0.2) is 0 Å². The summed E-state index contributed by atoms with van der Waals surface area (Å²) in [5.41, 5.74) is 3.29. The van der Waals surface area contributed by atoms with Crippen LogP contribution in [0.25, 0.3) is 10.9 Å². The van der Waals surface area contributed by atoms with Crippen LogP contribution in [0, 0.1) is 11.8 Å². The Balaban J connectivity index is 1.43. The number of nitrogens with zero attached hydrogens (tertiary/aromatic N) is 1. The third-order valence-electron chi connectivity index (χ3n) is 6.34. The number of Topliss-reactive ketones (excluding diaryl/α,β-unsaturated/α-hetero) is 1. The molecule has 0 spiro atoms. The lowest BCUT2D eigenvalue weighted by Crippen LogP contribution is -2.38. The number of carbonyl (C=O) groups excluding carboxylic acids is 1. The Morgan fingerprint density at radius 2 is 2.03 bits per heavy atom. The molecule has 4 nitrogen and oxygen atoms in total. The standard InChI is InChI=1S/C25H30N2O2/c1-27-17-23(22-8-3-4-9-24(22)27)25(28)11-10-19-12-13-26-16-20(19)14-18-6-5-7-21(15-18)29-2/h3-9,15,17,19-20,26H,10-14,16H2,1-2H3. The molecule has 29 heavy (non-hydrogen) atoms. The zero-order chi connectivity index (χ0) is 20.2. The highest BCUT2D eigenvalue weighted by molar-refractivity contribution is 6.08.